The lowest BCUT2D eigenvalue weighted by Crippen LogP contribution is -2.54. The summed E-state index contributed by atoms with van der Waals surface area (Å²) in [5, 5.41) is 11.7. The van der Waals surface area contributed by atoms with Crippen LogP contribution in [0.3, 0.4) is 0 Å². The summed E-state index contributed by atoms with van der Waals surface area (Å²) < 4.78 is 1.75. The molecular weight excluding hydrogens is 316 g/mol. The molecule has 0 aliphatic carbocycles. The number of aromatic nitrogens is 4. The van der Waals surface area contributed by atoms with E-state index in [9.17, 15) is 4.79 Å². The molecule has 0 aromatic carbocycles. The van der Waals surface area contributed by atoms with Crippen LogP contribution in [-0.4, -0.2) is 56.5 Å². The fourth-order valence-electron chi connectivity index (χ4n) is 4.18. The summed E-state index contributed by atoms with van der Waals surface area (Å²) in [6, 6.07) is 2.12. The van der Waals surface area contributed by atoms with Gasteiger partial charge in [-0.2, -0.15) is 10.2 Å². The third-order valence-corrected chi connectivity index (χ3v) is 5.45. The smallest absolute Gasteiger partial charge is 0.244 e. The molecule has 1 N–H and O–H groups in total. The highest BCUT2D eigenvalue weighted by Gasteiger charge is 2.37. The van der Waals surface area contributed by atoms with Crippen LogP contribution in [0, 0.1) is 6.92 Å². The quantitative estimate of drug-likeness (QED) is 0.924. The van der Waals surface area contributed by atoms with Crippen molar-refractivity contribution in [3.8, 4) is 0 Å². The number of anilines is 1. The number of nitrogens with zero attached hydrogens (tertiary/aromatic N) is 5. The lowest BCUT2D eigenvalue weighted by atomic mass is 9.91. The number of carbonyl (C=O) groups excluding carboxylic acids is 1. The van der Waals surface area contributed by atoms with Gasteiger partial charge in [0, 0.05) is 37.9 Å². The highest BCUT2D eigenvalue weighted by molar-refractivity contribution is 5.97. The minimum atomic E-state index is -0.0169. The van der Waals surface area contributed by atoms with Crippen LogP contribution in [0.4, 0.5) is 5.69 Å². The van der Waals surface area contributed by atoms with E-state index >= 15 is 0 Å². The average molecular weight is 342 g/mol. The highest BCUT2D eigenvalue weighted by atomic mass is 16.2. The van der Waals surface area contributed by atoms with Crippen LogP contribution in [0.2, 0.25) is 0 Å². The van der Waals surface area contributed by atoms with E-state index in [1.54, 1.807) is 10.9 Å². The van der Waals surface area contributed by atoms with Crippen LogP contribution < -0.4 is 4.90 Å². The van der Waals surface area contributed by atoms with Crippen molar-refractivity contribution in [1.82, 2.24) is 24.9 Å². The Hall–Kier alpha value is -2.15. The zero-order chi connectivity index (χ0) is 17.4. The standard InChI is InChI=1S/C18H26N6O/c1-13-9-16(21-20-13)14-5-3-7-23(11-14)17-6-4-8-24(18(17)25)15-10-19-22(2)12-15/h9-10,12,14,17H,3-8,11H2,1-2H3,(H,20,21)/t14-,17-/m0/s1. The molecule has 4 rings (SSSR count). The third-order valence-electron chi connectivity index (χ3n) is 5.45. The molecule has 0 saturated carbocycles. The molecule has 0 radical (unpaired) electrons. The molecule has 2 aliphatic rings. The molecule has 25 heavy (non-hydrogen) atoms. The van der Waals surface area contributed by atoms with Gasteiger partial charge < -0.3 is 4.90 Å². The Bertz CT molecular complexity index is 750. The van der Waals surface area contributed by atoms with Crippen molar-refractivity contribution in [1.29, 1.82) is 0 Å². The van der Waals surface area contributed by atoms with E-state index in [1.807, 2.05) is 25.1 Å². The van der Waals surface area contributed by atoms with Crippen molar-refractivity contribution >= 4 is 11.6 Å². The van der Waals surface area contributed by atoms with Gasteiger partial charge >= 0.3 is 0 Å². The first-order valence-corrected chi connectivity index (χ1v) is 9.18. The minimum absolute atomic E-state index is 0.0169. The van der Waals surface area contributed by atoms with Crippen LogP contribution in [0.1, 0.15) is 43.0 Å². The predicted molar refractivity (Wildman–Crippen MR) is 95.5 cm³/mol. The first-order valence-electron chi connectivity index (χ1n) is 9.18. The fraction of sp³-hybridized carbons (Fsp3) is 0.611. The molecule has 2 fully saturated rings. The van der Waals surface area contributed by atoms with Gasteiger partial charge in [0.15, 0.2) is 0 Å². The van der Waals surface area contributed by atoms with E-state index in [0.29, 0.717) is 5.92 Å². The van der Waals surface area contributed by atoms with Gasteiger partial charge in [0.1, 0.15) is 0 Å². The van der Waals surface area contributed by atoms with E-state index in [1.165, 1.54) is 0 Å². The Labute approximate surface area is 148 Å². The maximum Gasteiger partial charge on any atom is 0.244 e. The first kappa shape index (κ1) is 16.3. The zero-order valence-electron chi connectivity index (χ0n) is 15.0. The van der Waals surface area contributed by atoms with Crippen molar-refractivity contribution in [2.24, 2.45) is 7.05 Å². The van der Waals surface area contributed by atoms with E-state index in [4.69, 9.17) is 0 Å². The Morgan fingerprint density at radius 3 is 2.80 bits per heavy atom. The monoisotopic (exact) mass is 342 g/mol. The molecule has 0 unspecified atom stereocenters. The number of piperidine rings is 2. The highest BCUT2D eigenvalue weighted by Crippen LogP contribution is 2.30. The van der Waals surface area contributed by atoms with Crippen LogP contribution in [0.15, 0.2) is 18.5 Å². The van der Waals surface area contributed by atoms with Gasteiger partial charge in [-0.15, -0.1) is 0 Å². The number of hydrogen-bond donors (Lipinski definition) is 1. The Balaban J connectivity index is 1.49. The third kappa shape index (κ3) is 3.20. The molecule has 0 bridgehead atoms. The number of carbonyl (C=O) groups is 1. The lowest BCUT2D eigenvalue weighted by molar-refractivity contribution is -0.125. The molecule has 2 aliphatic heterocycles. The number of nitrogens with one attached hydrogen (secondary N) is 1. The summed E-state index contributed by atoms with van der Waals surface area (Å²) in [4.78, 5) is 17.4. The second-order valence-electron chi connectivity index (χ2n) is 7.33. The minimum Gasteiger partial charge on any atom is -0.308 e. The van der Waals surface area contributed by atoms with Gasteiger partial charge in [0.25, 0.3) is 0 Å². The van der Waals surface area contributed by atoms with Gasteiger partial charge in [-0.1, -0.05) is 0 Å². The predicted octanol–water partition coefficient (Wildman–Crippen LogP) is 1.83. The topological polar surface area (TPSA) is 70.1 Å². The molecule has 2 saturated heterocycles. The number of likely N-dealkylation sites (tertiary alicyclic amines) is 1. The van der Waals surface area contributed by atoms with Gasteiger partial charge in [-0.25, -0.2) is 0 Å². The molecular formula is C18H26N6O. The van der Waals surface area contributed by atoms with Crippen molar-refractivity contribution in [3.63, 3.8) is 0 Å². The van der Waals surface area contributed by atoms with Gasteiger partial charge in [-0.3, -0.25) is 19.5 Å². The molecule has 7 heteroatoms. The van der Waals surface area contributed by atoms with Crippen LogP contribution in [0.25, 0.3) is 0 Å². The summed E-state index contributed by atoms with van der Waals surface area (Å²) in [5.41, 5.74) is 3.15. The average Bonchev–Trinajstić information content (AvgIpc) is 3.24. The maximum absolute atomic E-state index is 13.1. The normalized spacial score (nSPS) is 25.5. The molecule has 7 nitrogen and oxygen atoms in total. The van der Waals surface area contributed by atoms with Gasteiger partial charge in [-0.05, 0) is 45.2 Å². The number of amides is 1. The Morgan fingerprint density at radius 2 is 2.08 bits per heavy atom. The largest absolute Gasteiger partial charge is 0.308 e. The van der Waals surface area contributed by atoms with Crippen molar-refractivity contribution in [2.45, 2.75) is 44.6 Å². The molecule has 0 spiro atoms. The SMILES string of the molecule is Cc1cc([C@H]2CCCN([C@H]3CCCN(c4cnn(C)c4)C3=O)C2)n[nH]1. The number of aromatic amines is 1. The van der Waals surface area contributed by atoms with Gasteiger partial charge in [0.05, 0.1) is 23.6 Å². The van der Waals surface area contributed by atoms with Crippen molar-refractivity contribution in [2.75, 3.05) is 24.5 Å². The second-order valence-corrected chi connectivity index (χ2v) is 7.33. The van der Waals surface area contributed by atoms with Crippen LogP contribution in [0.5, 0.6) is 0 Å². The van der Waals surface area contributed by atoms with E-state index in [2.05, 4.69) is 26.3 Å². The molecule has 2 atom stereocenters. The maximum atomic E-state index is 13.1. The number of aryl methyl sites for hydroxylation is 2. The number of rotatable bonds is 3. The Kier molecular flexibility index (Phi) is 4.33. The van der Waals surface area contributed by atoms with E-state index in [0.717, 1.165) is 62.4 Å². The fourth-order valence-corrected chi connectivity index (χ4v) is 4.18. The summed E-state index contributed by atoms with van der Waals surface area (Å²) >= 11 is 0. The van der Waals surface area contributed by atoms with Crippen LogP contribution >= 0.6 is 0 Å². The van der Waals surface area contributed by atoms with E-state index < -0.39 is 0 Å². The summed E-state index contributed by atoms with van der Waals surface area (Å²) in [6.07, 6.45) is 7.95. The zero-order valence-corrected chi connectivity index (χ0v) is 15.0. The molecule has 4 heterocycles. The summed E-state index contributed by atoms with van der Waals surface area (Å²) in [6.45, 7) is 4.74. The van der Waals surface area contributed by atoms with Crippen molar-refractivity contribution in [3.05, 3.63) is 29.8 Å². The van der Waals surface area contributed by atoms with Crippen molar-refractivity contribution < 1.29 is 4.79 Å². The molecule has 2 aromatic heterocycles. The lowest BCUT2D eigenvalue weighted by Gasteiger charge is -2.41. The second kappa shape index (κ2) is 6.63. The van der Waals surface area contributed by atoms with Crippen LogP contribution in [-0.2, 0) is 11.8 Å². The van der Waals surface area contributed by atoms with Gasteiger partial charge in [0.2, 0.25) is 5.91 Å². The summed E-state index contributed by atoms with van der Waals surface area (Å²) in [7, 11) is 1.89. The molecule has 1 amide bonds. The Morgan fingerprint density at radius 1 is 1.24 bits per heavy atom. The molecule has 134 valence electrons. The van der Waals surface area contributed by atoms with E-state index in [-0.39, 0.29) is 11.9 Å². The number of H-pyrrole nitrogens is 1. The summed E-state index contributed by atoms with van der Waals surface area (Å²) in [5.74, 6) is 0.637. The molecule has 2 aromatic rings. The first-order chi connectivity index (χ1) is 12.1. The number of hydrogen-bond acceptors (Lipinski definition) is 4.